The molecule has 28 heavy (non-hydrogen) atoms. The molecule has 2 amide bonds. The maximum atomic E-state index is 12.7. The summed E-state index contributed by atoms with van der Waals surface area (Å²) < 4.78 is 20.4. The molecule has 2 rings (SSSR count). The predicted octanol–water partition coefficient (Wildman–Crippen LogP) is 3.92. The van der Waals surface area contributed by atoms with Crippen molar-refractivity contribution in [3.05, 3.63) is 42.5 Å². The van der Waals surface area contributed by atoms with Crippen LogP contribution < -0.4 is 10.0 Å². The minimum absolute atomic E-state index is 0.153. The van der Waals surface area contributed by atoms with E-state index < -0.39 is 34.6 Å². The van der Waals surface area contributed by atoms with Gasteiger partial charge in [0.05, 0.1) is 4.90 Å². The first-order valence-corrected chi connectivity index (χ1v) is 10.4. The monoisotopic (exact) mass is 404 g/mol. The highest BCUT2D eigenvalue weighted by Crippen LogP contribution is 2.17. The van der Waals surface area contributed by atoms with Crippen LogP contribution in [0.1, 0.15) is 41.0 Å². The molecule has 0 saturated heterocycles. The first-order chi connectivity index (χ1) is 13.0. The van der Waals surface area contributed by atoms with Crippen LogP contribution in [0.5, 0.6) is 0 Å². The third kappa shape index (κ3) is 6.64. The van der Waals surface area contributed by atoms with Gasteiger partial charge in [0.1, 0.15) is 11.6 Å². The Balaban J connectivity index is 2.10. The van der Waals surface area contributed by atoms with Crippen LogP contribution in [-0.4, -0.2) is 27.9 Å². The fraction of sp³-hybridized carbons (Fsp3) is 0.429. The molecule has 0 fully saturated rings. The van der Waals surface area contributed by atoms with Gasteiger partial charge in [-0.15, -0.1) is 0 Å². The van der Waals surface area contributed by atoms with Crippen molar-refractivity contribution in [2.75, 3.05) is 0 Å². The Bertz CT molecular complexity index is 874. The van der Waals surface area contributed by atoms with Gasteiger partial charge in [-0.05, 0) is 56.0 Å². The quantitative estimate of drug-likeness (QED) is 0.764. The number of rotatable bonds is 6. The number of nitrogens with one attached hydrogen (secondary N) is 2. The number of carbonyl (C=O) groups excluding carboxylic acids is 2. The van der Waals surface area contributed by atoms with E-state index in [0.29, 0.717) is 11.3 Å². The minimum atomic E-state index is -1.73. The Kier molecular flexibility index (Phi) is 7.18. The SMILES string of the molecule is CC(C)C[C@H](NC(=O)OC(C)(C)C)C(=O)NS(=O)c1ccc2ccccc2c1. The van der Waals surface area contributed by atoms with Crippen LogP contribution in [0.4, 0.5) is 4.79 Å². The van der Waals surface area contributed by atoms with Gasteiger partial charge in [-0.2, -0.15) is 0 Å². The van der Waals surface area contributed by atoms with E-state index in [2.05, 4.69) is 10.0 Å². The van der Waals surface area contributed by atoms with Gasteiger partial charge in [0.2, 0.25) is 0 Å². The average Bonchev–Trinajstić information content (AvgIpc) is 2.58. The molecule has 2 aromatic rings. The van der Waals surface area contributed by atoms with Gasteiger partial charge in [0.25, 0.3) is 5.91 Å². The predicted molar refractivity (Wildman–Crippen MR) is 111 cm³/mol. The van der Waals surface area contributed by atoms with Gasteiger partial charge in [0, 0.05) is 0 Å². The molecule has 0 aliphatic carbocycles. The molecule has 0 saturated carbocycles. The Morgan fingerprint density at radius 1 is 1.07 bits per heavy atom. The molecule has 6 nitrogen and oxygen atoms in total. The molecule has 0 heterocycles. The van der Waals surface area contributed by atoms with E-state index in [1.807, 2.05) is 44.2 Å². The molecular formula is C21H28N2O4S. The maximum Gasteiger partial charge on any atom is 0.408 e. The second-order valence-corrected chi connectivity index (χ2v) is 9.29. The number of hydrogen-bond acceptors (Lipinski definition) is 4. The van der Waals surface area contributed by atoms with Crippen molar-refractivity contribution in [2.24, 2.45) is 5.92 Å². The Hall–Kier alpha value is -2.41. The van der Waals surface area contributed by atoms with Crippen LogP contribution in [0.25, 0.3) is 10.8 Å². The lowest BCUT2D eigenvalue weighted by Crippen LogP contribution is -2.49. The topological polar surface area (TPSA) is 84.5 Å². The zero-order chi connectivity index (χ0) is 20.9. The Labute approximate surface area is 168 Å². The van der Waals surface area contributed by atoms with Gasteiger partial charge in [0.15, 0.2) is 11.0 Å². The number of alkyl carbamates (subject to hydrolysis) is 1. The number of amides is 2. The van der Waals surface area contributed by atoms with E-state index >= 15 is 0 Å². The first-order valence-electron chi connectivity index (χ1n) is 9.26. The molecule has 152 valence electrons. The number of hydrogen-bond donors (Lipinski definition) is 2. The standard InChI is InChI=1S/C21H28N2O4S/c1-14(2)12-18(22-20(25)27-21(3,4)5)19(24)23-28(26)17-11-10-15-8-6-7-9-16(15)13-17/h6-11,13-14,18H,12H2,1-5H3,(H,22,25)(H,23,24)/t18-,28?/m0/s1. The zero-order valence-corrected chi connectivity index (χ0v) is 17.8. The second kappa shape index (κ2) is 9.19. The van der Waals surface area contributed by atoms with Crippen molar-refractivity contribution < 1.29 is 18.5 Å². The first kappa shape index (κ1) is 21.9. The van der Waals surface area contributed by atoms with Crippen LogP contribution in [0.15, 0.2) is 47.4 Å². The molecule has 0 aliphatic heterocycles. The molecule has 0 aliphatic rings. The molecule has 0 aromatic heterocycles. The maximum absolute atomic E-state index is 12.7. The lowest BCUT2D eigenvalue weighted by Gasteiger charge is -2.24. The van der Waals surface area contributed by atoms with Gasteiger partial charge in [-0.1, -0.05) is 44.2 Å². The van der Waals surface area contributed by atoms with E-state index in [4.69, 9.17) is 4.74 Å². The highest BCUT2D eigenvalue weighted by Gasteiger charge is 2.26. The van der Waals surface area contributed by atoms with E-state index in [1.54, 1.807) is 32.9 Å². The Morgan fingerprint density at radius 3 is 2.32 bits per heavy atom. The van der Waals surface area contributed by atoms with Crippen molar-refractivity contribution >= 4 is 33.8 Å². The molecule has 2 N–H and O–H groups in total. The fourth-order valence-electron chi connectivity index (χ4n) is 2.66. The van der Waals surface area contributed by atoms with Gasteiger partial charge < -0.3 is 10.1 Å². The molecule has 0 spiro atoms. The molecule has 1 unspecified atom stereocenters. The normalized spacial score (nSPS) is 13.8. The van der Waals surface area contributed by atoms with Gasteiger partial charge >= 0.3 is 6.09 Å². The van der Waals surface area contributed by atoms with Crippen molar-refractivity contribution in [1.82, 2.24) is 10.0 Å². The van der Waals surface area contributed by atoms with Crippen molar-refractivity contribution in [2.45, 2.75) is 57.6 Å². The van der Waals surface area contributed by atoms with Crippen molar-refractivity contribution in [3.8, 4) is 0 Å². The number of benzene rings is 2. The van der Waals surface area contributed by atoms with E-state index in [1.165, 1.54) is 0 Å². The van der Waals surface area contributed by atoms with Crippen LogP contribution in [-0.2, 0) is 20.5 Å². The third-order valence-corrected chi connectivity index (χ3v) is 4.91. The van der Waals surface area contributed by atoms with Gasteiger partial charge in [-0.3, -0.25) is 9.52 Å². The molecule has 0 radical (unpaired) electrons. The fourth-order valence-corrected chi connectivity index (χ4v) is 3.53. The summed E-state index contributed by atoms with van der Waals surface area (Å²) in [6.07, 6.45) is -0.273. The largest absolute Gasteiger partial charge is 0.444 e. The molecule has 0 bridgehead atoms. The molecule has 2 atom stereocenters. The summed E-state index contributed by atoms with van der Waals surface area (Å²) in [5.41, 5.74) is -0.670. The molecule has 7 heteroatoms. The van der Waals surface area contributed by atoms with Crippen LogP contribution >= 0.6 is 0 Å². The van der Waals surface area contributed by atoms with E-state index in [0.717, 1.165) is 10.8 Å². The number of carbonyl (C=O) groups is 2. The number of fused-ring (bicyclic) bond motifs is 1. The number of ether oxygens (including phenoxy) is 1. The van der Waals surface area contributed by atoms with E-state index in [-0.39, 0.29) is 5.92 Å². The van der Waals surface area contributed by atoms with E-state index in [9.17, 15) is 13.8 Å². The highest BCUT2D eigenvalue weighted by molar-refractivity contribution is 7.83. The van der Waals surface area contributed by atoms with Crippen molar-refractivity contribution in [1.29, 1.82) is 0 Å². The summed E-state index contributed by atoms with van der Waals surface area (Å²) in [7, 11) is -1.73. The third-order valence-electron chi connectivity index (χ3n) is 3.84. The summed E-state index contributed by atoms with van der Waals surface area (Å²) in [6.45, 7) is 9.13. The van der Waals surface area contributed by atoms with Gasteiger partial charge in [-0.25, -0.2) is 9.00 Å². The lowest BCUT2D eigenvalue weighted by atomic mass is 10.0. The van der Waals surface area contributed by atoms with Crippen molar-refractivity contribution in [3.63, 3.8) is 0 Å². The summed E-state index contributed by atoms with van der Waals surface area (Å²) in [5, 5.41) is 4.55. The highest BCUT2D eigenvalue weighted by atomic mass is 32.2. The minimum Gasteiger partial charge on any atom is -0.444 e. The zero-order valence-electron chi connectivity index (χ0n) is 16.9. The summed E-state index contributed by atoms with van der Waals surface area (Å²) in [4.78, 5) is 25.2. The van der Waals surface area contributed by atoms with Crippen LogP contribution in [0, 0.1) is 5.92 Å². The van der Waals surface area contributed by atoms with Crippen LogP contribution in [0.2, 0.25) is 0 Å². The lowest BCUT2D eigenvalue weighted by molar-refractivity contribution is -0.121. The molecule has 2 aromatic carbocycles. The smallest absolute Gasteiger partial charge is 0.408 e. The summed E-state index contributed by atoms with van der Waals surface area (Å²) in [6, 6.07) is 12.2. The summed E-state index contributed by atoms with van der Waals surface area (Å²) in [5.74, 6) is -0.356. The Morgan fingerprint density at radius 2 is 1.71 bits per heavy atom. The average molecular weight is 405 g/mol. The summed E-state index contributed by atoms with van der Waals surface area (Å²) >= 11 is 0. The molecular weight excluding hydrogens is 376 g/mol. The second-order valence-electron chi connectivity index (χ2n) is 8.07. The van der Waals surface area contributed by atoms with Crippen LogP contribution in [0.3, 0.4) is 0 Å².